The van der Waals surface area contributed by atoms with Crippen LogP contribution in [0.2, 0.25) is 0 Å². The number of Topliss-reactive ketones (excluding diaryl/α,β-unsaturated/α-hetero) is 1. The highest BCUT2D eigenvalue weighted by Gasteiger charge is 2.23. The van der Waals surface area contributed by atoms with E-state index in [1.807, 2.05) is 12.1 Å². The number of nitrogens with zero attached hydrogens (tertiary/aromatic N) is 3. The molecule has 1 N–H and O–H groups in total. The van der Waals surface area contributed by atoms with Crippen molar-refractivity contribution < 1.29 is 24.2 Å². The van der Waals surface area contributed by atoms with Crippen molar-refractivity contribution in [3.8, 4) is 17.4 Å². The minimum atomic E-state index is -0.412. The number of ketones is 1. The van der Waals surface area contributed by atoms with Crippen molar-refractivity contribution in [3.05, 3.63) is 47.7 Å². The first-order valence-electron chi connectivity index (χ1n) is 9.90. The SMILES string of the molecule is COc1ccc(CN2CCCCC2COc2ccc(C(=O)/C=N/O)cn2)cc1OC. The number of aromatic nitrogens is 1. The van der Waals surface area contributed by atoms with Gasteiger partial charge in [0.1, 0.15) is 12.8 Å². The predicted molar refractivity (Wildman–Crippen MR) is 112 cm³/mol. The zero-order valence-corrected chi connectivity index (χ0v) is 17.3. The van der Waals surface area contributed by atoms with Crippen LogP contribution in [0.25, 0.3) is 0 Å². The lowest BCUT2D eigenvalue weighted by atomic mass is 10.0. The molecule has 3 rings (SSSR count). The summed E-state index contributed by atoms with van der Waals surface area (Å²) >= 11 is 0. The first-order chi connectivity index (χ1) is 14.6. The van der Waals surface area contributed by atoms with E-state index >= 15 is 0 Å². The van der Waals surface area contributed by atoms with Gasteiger partial charge in [0.15, 0.2) is 11.5 Å². The van der Waals surface area contributed by atoms with Gasteiger partial charge in [-0.05, 0) is 43.1 Å². The molecule has 1 fully saturated rings. The second-order valence-electron chi connectivity index (χ2n) is 7.11. The van der Waals surface area contributed by atoms with Crippen LogP contribution in [-0.2, 0) is 6.54 Å². The average molecular weight is 413 g/mol. The molecule has 160 valence electrons. The van der Waals surface area contributed by atoms with Crippen molar-refractivity contribution in [1.82, 2.24) is 9.88 Å². The molecular weight excluding hydrogens is 386 g/mol. The average Bonchev–Trinajstić information content (AvgIpc) is 2.79. The Morgan fingerprint density at radius 1 is 1.23 bits per heavy atom. The Balaban J connectivity index is 1.61. The Kier molecular flexibility index (Phi) is 7.62. The second kappa shape index (κ2) is 10.6. The van der Waals surface area contributed by atoms with E-state index in [0.717, 1.165) is 55.6 Å². The summed E-state index contributed by atoms with van der Waals surface area (Å²) in [5, 5.41) is 11.2. The fraction of sp³-hybridized carbons (Fsp3) is 0.409. The van der Waals surface area contributed by atoms with E-state index in [-0.39, 0.29) is 6.04 Å². The van der Waals surface area contributed by atoms with Gasteiger partial charge in [0.05, 0.1) is 14.2 Å². The van der Waals surface area contributed by atoms with Crippen LogP contribution in [-0.4, -0.2) is 60.5 Å². The van der Waals surface area contributed by atoms with E-state index in [1.165, 1.54) is 6.20 Å². The number of benzene rings is 1. The second-order valence-corrected chi connectivity index (χ2v) is 7.11. The van der Waals surface area contributed by atoms with E-state index < -0.39 is 5.78 Å². The van der Waals surface area contributed by atoms with E-state index in [4.69, 9.17) is 19.4 Å². The highest BCUT2D eigenvalue weighted by molar-refractivity contribution is 6.35. The Morgan fingerprint density at radius 2 is 2.07 bits per heavy atom. The molecular formula is C22H27N3O5. The molecule has 8 nitrogen and oxygen atoms in total. The van der Waals surface area contributed by atoms with Crippen LogP contribution >= 0.6 is 0 Å². The van der Waals surface area contributed by atoms with E-state index in [9.17, 15) is 4.79 Å². The van der Waals surface area contributed by atoms with Crippen LogP contribution in [0.15, 0.2) is 41.7 Å². The molecule has 0 bridgehead atoms. The first kappa shape index (κ1) is 21.6. The molecule has 1 saturated heterocycles. The highest BCUT2D eigenvalue weighted by Crippen LogP contribution is 2.29. The summed E-state index contributed by atoms with van der Waals surface area (Å²) in [7, 11) is 3.27. The molecule has 1 aliphatic rings. The maximum atomic E-state index is 11.7. The third-order valence-electron chi connectivity index (χ3n) is 5.20. The van der Waals surface area contributed by atoms with Crippen molar-refractivity contribution in [2.45, 2.75) is 31.8 Å². The summed E-state index contributed by atoms with van der Waals surface area (Å²) in [6, 6.07) is 9.53. The number of piperidine rings is 1. The fourth-order valence-electron chi connectivity index (χ4n) is 3.59. The number of rotatable bonds is 9. The van der Waals surface area contributed by atoms with E-state index in [2.05, 4.69) is 21.1 Å². The maximum Gasteiger partial charge on any atom is 0.213 e. The number of ether oxygens (including phenoxy) is 3. The normalized spacial score (nSPS) is 17.1. The van der Waals surface area contributed by atoms with Gasteiger partial charge in [0, 0.05) is 30.4 Å². The minimum Gasteiger partial charge on any atom is -0.493 e. The molecule has 1 aromatic carbocycles. The van der Waals surface area contributed by atoms with Gasteiger partial charge in [-0.15, -0.1) is 0 Å². The largest absolute Gasteiger partial charge is 0.493 e. The molecule has 2 heterocycles. The summed E-state index contributed by atoms with van der Waals surface area (Å²) in [4.78, 5) is 18.2. The summed E-state index contributed by atoms with van der Waals surface area (Å²) in [6.45, 7) is 2.32. The monoisotopic (exact) mass is 413 g/mol. The Labute approximate surface area is 176 Å². The van der Waals surface area contributed by atoms with Crippen molar-refractivity contribution in [2.24, 2.45) is 5.16 Å². The molecule has 0 saturated carbocycles. The molecule has 30 heavy (non-hydrogen) atoms. The number of pyridine rings is 1. The zero-order chi connectivity index (χ0) is 21.3. The highest BCUT2D eigenvalue weighted by atomic mass is 16.5. The summed E-state index contributed by atoms with van der Waals surface area (Å²) in [6.07, 6.45) is 5.63. The smallest absolute Gasteiger partial charge is 0.213 e. The number of carbonyl (C=O) groups excluding carboxylic acids is 1. The van der Waals surface area contributed by atoms with Gasteiger partial charge in [-0.25, -0.2) is 4.98 Å². The number of hydrogen-bond donors (Lipinski definition) is 1. The van der Waals surface area contributed by atoms with Gasteiger partial charge in [0.2, 0.25) is 11.7 Å². The maximum absolute atomic E-state index is 11.7. The summed E-state index contributed by atoms with van der Waals surface area (Å²) in [5.74, 6) is 1.50. The molecule has 1 aromatic heterocycles. The van der Waals surface area contributed by atoms with Crippen LogP contribution in [0.1, 0.15) is 35.2 Å². The first-order valence-corrected chi connectivity index (χ1v) is 9.90. The van der Waals surface area contributed by atoms with Crippen molar-refractivity contribution >= 4 is 12.0 Å². The van der Waals surface area contributed by atoms with Crippen LogP contribution in [0, 0.1) is 0 Å². The number of hydrogen-bond acceptors (Lipinski definition) is 8. The quantitative estimate of drug-likeness (QED) is 0.292. The van der Waals surface area contributed by atoms with Crippen LogP contribution in [0.4, 0.5) is 0 Å². The zero-order valence-electron chi connectivity index (χ0n) is 17.3. The lowest BCUT2D eigenvalue weighted by molar-refractivity contribution is 0.0913. The Morgan fingerprint density at radius 3 is 2.77 bits per heavy atom. The van der Waals surface area contributed by atoms with E-state index in [1.54, 1.807) is 26.4 Å². The Hall–Kier alpha value is -3.13. The minimum absolute atomic E-state index is 0.275. The predicted octanol–water partition coefficient (Wildman–Crippen LogP) is 3.18. The van der Waals surface area contributed by atoms with Crippen LogP contribution < -0.4 is 14.2 Å². The summed E-state index contributed by atoms with van der Waals surface area (Å²) in [5.41, 5.74) is 1.50. The number of oxime groups is 1. The third kappa shape index (κ3) is 5.48. The van der Waals surface area contributed by atoms with E-state index in [0.29, 0.717) is 18.1 Å². The Bertz CT molecular complexity index is 870. The standard InChI is InChI=1S/C22H27N3O5/c1-28-20-8-6-16(11-21(20)29-2)14-25-10-4-3-5-18(25)15-30-22-9-7-17(12-23-22)19(26)13-24-27/h6-9,11-13,18,27H,3-5,10,14-15H2,1-2H3/b24-13+. The van der Waals surface area contributed by atoms with Gasteiger partial charge >= 0.3 is 0 Å². The van der Waals surface area contributed by atoms with Gasteiger partial charge in [-0.3, -0.25) is 9.69 Å². The molecule has 0 amide bonds. The molecule has 2 aromatic rings. The van der Waals surface area contributed by atoms with Gasteiger partial charge in [0.25, 0.3) is 0 Å². The third-order valence-corrected chi connectivity index (χ3v) is 5.20. The molecule has 1 unspecified atom stereocenters. The molecule has 0 spiro atoms. The van der Waals surface area contributed by atoms with Crippen molar-refractivity contribution in [1.29, 1.82) is 0 Å². The molecule has 8 heteroatoms. The number of methoxy groups -OCH3 is 2. The summed E-state index contributed by atoms with van der Waals surface area (Å²) < 4.78 is 16.6. The van der Waals surface area contributed by atoms with Crippen molar-refractivity contribution in [3.63, 3.8) is 0 Å². The topological polar surface area (TPSA) is 93.5 Å². The van der Waals surface area contributed by atoms with Gasteiger partial charge < -0.3 is 19.4 Å². The lowest BCUT2D eigenvalue weighted by Gasteiger charge is -2.35. The number of carbonyl (C=O) groups is 1. The van der Waals surface area contributed by atoms with Crippen LogP contribution in [0.3, 0.4) is 0 Å². The fourth-order valence-corrected chi connectivity index (χ4v) is 3.59. The number of likely N-dealkylation sites (tertiary alicyclic amines) is 1. The molecule has 1 atom stereocenters. The van der Waals surface area contributed by atoms with Gasteiger partial charge in [-0.1, -0.05) is 17.6 Å². The van der Waals surface area contributed by atoms with Crippen LogP contribution in [0.5, 0.6) is 17.4 Å². The molecule has 0 aliphatic carbocycles. The molecule has 1 aliphatic heterocycles. The molecule has 0 radical (unpaired) electrons. The van der Waals surface area contributed by atoms with Crippen molar-refractivity contribution in [2.75, 3.05) is 27.4 Å². The lowest BCUT2D eigenvalue weighted by Crippen LogP contribution is -2.42. The van der Waals surface area contributed by atoms with Gasteiger partial charge in [-0.2, -0.15) is 0 Å².